The summed E-state index contributed by atoms with van der Waals surface area (Å²) in [6.07, 6.45) is 0. The molecule has 0 unspecified atom stereocenters. The number of fused-ring (bicyclic) bond motifs is 1. The van der Waals surface area contributed by atoms with E-state index in [1.165, 1.54) is 38.7 Å². The van der Waals surface area contributed by atoms with Crippen LogP contribution in [0.1, 0.15) is 22.3 Å². The molecule has 0 amide bonds. The Morgan fingerprint density at radius 1 is 0.714 bits per heavy atom. The molecule has 3 rings (SSSR count). The summed E-state index contributed by atoms with van der Waals surface area (Å²) in [6.45, 7) is 7.40. The van der Waals surface area contributed by atoms with E-state index in [1.54, 1.807) is 0 Å². The lowest BCUT2D eigenvalue weighted by Crippen LogP contribution is -2.02. The molecule has 1 nitrogen and oxygen atoms in total. The molecular weight excluding hydrogens is 254 g/mol. The van der Waals surface area contributed by atoms with Gasteiger partial charge in [0.15, 0.2) is 0 Å². The van der Waals surface area contributed by atoms with Gasteiger partial charge in [0.25, 0.3) is 0 Å². The first-order valence-corrected chi connectivity index (χ1v) is 7.43. The number of rotatable bonds is 3. The van der Waals surface area contributed by atoms with Crippen LogP contribution in [0.4, 0.5) is 5.69 Å². The number of anilines is 1. The zero-order valence-corrected chi connectivity index (χ0v) is 12.9. The average molecular weight is 275 g/mol. The maximum absolute atomic E-state index is 3.54. The van der Waals surface area contributed by atoms with Crippen molar-refractivity contribution in [2.45, 2.75) is 27.3 Å². The molecule has 0 bridgehead atoms. The van der Waals surface area contributed by atoms with Crippen molar-refractivity contribution in [3.05, 3.63) is 76.9 Å². The molecule has 0 spiro atoms. The fraction of sp³-hybridized carbons (Fsp3) is 0.200. The Kier molecular flexibility index (Phi) is 3.66. The van der Waals surface area contributed by atoms with Crippen LogP contribution in [0.3, 0.4) is 0 Å². The van der Waals surface area contributed by atoms with Gasteiger partial charge in [0.05, 0.1) is 0 Å². The second-order valence-corrected chi connectivity index (χ2v) is 5.78. The van der Waals surface area contributed by atoms with Crippen LogP contribution in [0.25, 0.3) is 10.8 Å². The van der Waals surface area contributed by atoms with E-state index >= 15 is 0 Å². The van der Waals surface area contributed by atoms with Gasteiger partial charge in [-0.2, -0.15) is 0 Å². The minimum atomic E-state index is 0.866. The maximum atomic E-state index is 3.54. The summed E-state index contributed by atoms with van der Waals surface area (Å²) >= 11 is 0. The topological polar surface area (TPSA) is 12.0 Å². The third-order valence-corrected chi connectivity index (χ3v) is 4.18. The first-order valence-electron chi connectivity index (χ1n) is 7.43. The molecule has 3 aromatic carbocycles. The lowest BCUT2D eigenvalue weighted by atomic mass is 10.0. The van der Waals surface area contributed by atoms with Gasteiger partial charge in [0, 0.05) is 12.2 Å². The number of nitrogens with one attached hydrogen (secondary N) is 1. The van der Waals surface area contributed by atoms with E-state index in [4.69, 9.17) is 0 Å². The Hall–Kier alpha value is -2.28. The molecule has 0 aliphatic carbocycles. The lowest BCUT2D eigenvalue weighted by molar-refractivity contribution is 1.10. The van der Waals surface area contributed by atoms with Crippen LogP contribution in [-0.4, -0.2) is 0 Å². The number of hydrogen-bond donors (Lipinski definition) is 1. The van der Waals surface area contributed by atoms with E-state index in [1.807, 2.05) is 0 Å². The van der Waals surface area contributed by atoms with Gasteiger partial charge in [0.2, 0.25) is 0 Å². The third kappa shape index (κ3) is 2.92. The summed E-state index contributed by atoms with van der Waals surface area (Å²) < 4.78 is 0. The maximum Gasteiger partial charge on any atom is 0.0403 e. The van der Waals surface area contributed by atoms with E-state index in [0.717, 1.165) is 6.54 Å². The van der Waals surface area contributed by atoms with Gasteiger partial charge >= 0.3 is 0 Å². The van der Waals surface area contributed by atoms with Crippen LogP contribution >= 0.6 is 0 Å². The van der Waals surface area contributed by atoms with Crippen molar-refractivity contribution in [2.75, 3.05) is 5.32 Å². The van der Waals surface area contributed by atoms with E-state index in [-0.39, 0.29) is 0 Å². The molecule has 0 radical (unpaired) electrons. The van der Waals surface area contributed by atoms with Gasteiger partial charge in [-0.1, -0.05) is 42.5 Å². The van der Waals surface area contributed by atoms with Gasteiger partial charge < -0.3 is 5.32 Å². The predicted octanol–water partition coefficient (Wildman–Crippen LogP) is 5.38. The Bertz CT molecular complexity index is 787. The highest BCUT2D eigenvalue weighted by Gasteiger charge is 2.02. The standard InChI is InChI=1S/C20H21N/c1-14-10-16(3)19(11-15(14)2)13-21-20-9-8-17-6-4-5-7-18(17)12-20/h4-12,21H,13H2,1-3H3. The van der Waals surface area contributed by atoms with Crippen molar-refractivity contribution >= 4 is 16.5 Å². The number of benzene rings is 3. The van der Waals surface area contributed by atoms with Gasteiger partial charge in [-0.05, 0) is 65.9 Å². The number of hydrogen-bond acceptors (Lipinski definition) is 1. The average Bonchev–Trinajstić information content (AvgIpc) is 2.49. The molecule has 0 atom stereocenters. The molecule has 0 aliphatic rings. The summed E-state index contributed by atoms with van der Waals surface area (Å²) in [5.41, 5.74) is 6.61. The second-order valence-electron chi connectivity index (χ2n) is 5.78. The fourth-order valence-electron chi connectivity index (χ4n) is 2.71. The van der Waals surface area contributed by atoms with Crippen LogP contribution in [-0.2, 0) is 6.54 Å². The lowest BCUT2D eigenvalue weighted by Gasteiger charge is -2.12. The molecule has 0 heterocycles. The van der Waals surface area contributed by atoms with Crippen LogP contribution in [0, 0.1) is 20.8 Å². The summed E-state index contributed by atoms with van der Waals surface area (Å²) in [7, 11) is 0. The summed E-state index contributed by atoms with van der Waals surface area (Å²) in [5.74, 6) is 0. The molecule has 0 saturated carbocycles. The van der Waals surface area contributed by atoms with Gasteiger partial charge in [-0.25, -0.2) is 0 Å². The van der Waals surface area contributed by atoms with Crippen molar-refractivity contribution in [1.82, 2.24) is 0 Å². The molecule has 3 aromatic rings. The Morgan fingerprint density at radius 2 is 1.43 bits per heavy atom. The monoisotopic (exact) mass is 275 g/mol. The Labute approximate surface area is 126 Å². The molecule has 1 heteroatoms. The molecule has 21 heavy (non-hydrogen) atoms. The van der Waals surface area contributed by atoms with Crippen molar-refractivity contribution < 1.29 is 0 Å². The quantitative estimate of drug-likeness (QED) is 0.677. The highest BCUT2D eigenvalue weighted by atomic mass is 14.9. The van der Waals surface area contributed by atoms with Crippen molar-refractivity contribution in [3.8, 4) is 0 Å². The van der Waals surface area contributed by atoms with Crippen molar-refractivity contribution in [2.24, 2.45) is 0 Å². The van der Waals surface area contributed by atoms with Crippen LogP contribution in [0.15, 0.2) is 54.6 Å². The predicted molar refractivity (Wildman–Crippen MR) is 91.9 cm³/mol. The molecule has 1 N–H and O–H groups in total. The smallest absolute Gasteiger partial charge is 0.0403 e. The van der Waals surface area contributed by atoms with Crippen LogP contribution in [0.5, 0.6) is 0 Å². The molecule has 106 valence electrons. The molecule has 0 fully saturated rings. The fourth-order valence-corrected chi connectivity index (χ4v) is 2.71. The van der Waals surface area contributed by atoms with Crippen molar-refractivity contribution in [1.29, 1.82) is 0 Å². The van der Waals surface area contributed by atoms with E-state index in [0.29, 0.717) is 0 Å². The molecular formula is C20H21N. The molecule has 0 aliphatic heterocycles. The van der Waals surface area contributed by atoms with Crippen LogP contribution in [0.2, 0.25) is 0 Å². The first-order chi connectivity index (χ1) is 10.1. The Balaban J connectivity index is 1.81. The van der Waals surface area contributed by atoms with E-state index in [9.17, 15) is 0 Å². The highest BCUT2D eigenvalue weighted by Crippen LogP contribution is 2.21. The van der Waals surface area contributed by atoms with E-state index < -0.39 is 0 Å². The summed E-state index contributed by atoms with van der Waals surface area (Å²) in [6, 6.07) is 19.6. The van der Waals surface area contributed by atoms with E-state index in [2.05, 4.69) is 80.7 Å². The minimum Gasteiger partial charge on any atom is -0.381 e. The normalized spacial score (nSPS) is 10.8. The summed E-state index contributed by atoms with van der Waals surface area (Å²) in [5, 5.41) is 6.10. The van der Waals surface area contributed by atoms with Gasteiger partial charge in [-0.15, -0.1) is 0 Å². The Morgan fingerprint density at radius 3 is 2.24 bits per heavy atom. The molecule has 0 saturated heterocycles. The van der Waals surface area contributed by atoms with Crippen molar-refractivity contribution in [3.63, 3.8) is 0 Å². The highest BCUT2D eigenvalue weighted by molar-refractivity contribution is 5.85. The van der Waals surface area contributed by atoms with Gasteiger partial charge in [0.1, 0.15) is 0 Å². The first kappa shape index (κ1) is 13.7. The summed E-state index contributed by atoms with van der Waals surface area (Å²) in [4.78, 5) is 0. The van der Waals surface area contributed by atoms with Gasteiger partial charge in [-0.3, -0.25) is 0 Å². The zero-order chi connectivity index (χ0) is 14.8. The zero-order valence-electron chi connectivity index (χ0n) is 12.9. The molecule has 0 aromatic heterocycles. The second kappa shape index (κ2) is 5.61. The van der Waals surface area contributed by atoms with Crippen LogP contribution < -0.4 is 5.32 Å². The number of aryl methyl sites for hydroxylation is 3. The SMILES string of the molecule is Cc1cc(C)c(CNc2ccc3ccccc3c2)cc1C. The minimum absolute atomic E-state index is 0.866. The largest absolute Gasteiger partial charge is 0.381 e. The third-order valence-electron chi connectivity index (χ3n) is 4.18.